The molecule has 0 saturated heterocycles. The van der Waals surface area contributed by atoms with Crippen molar-refractivity contribution in [2.24, 2.45) is 35.5 Å². The third-order valence-electron chi connectivity index (χ3n) is 5.24. The third-order valence-corrected chi connectivity index (χ3v) is 5.24. The van der Waals surface area contributed by atoms with E-state index in [1.165, 1.54) is 18.3 Å². The Morgan fingerprint density at radius 1 is 0.769 bits per heavy atom. The molecule has 3 rings (SSSR count). The van der Waals surface area contributed by atoms with Crippen LogP contribution >= 0.6 is 0 Å². The fourth-order valence-corrected chi connectivity index (χ4v) is 4.33. The molecule has 0 heteroatoms. The Morgan fingerprint density at radius 3 is 1.92 bits per heavy atom. The fourth-order valence-electron chi connectivity index (χ4n) is 4.33. The monoisotopic (exact) mass is 178 g/mol. The second-order valence-corrected chi connectivity index (χ2v) is 6.10. The number of rotatable bonds is 1. The van der Waals surface area contributed by atoms with E-state index in [0.29, 0.717) is 0 Å². The van der Waals surface area contributed by atoms with Crippen molar-refractivity contribution in [1.29, 1.82) is 0 Å². The van der Waals surface area contributed by atoms with Gasteiger partial charge in [-0.2, -0.15) is 0 Å². The molecule has 3 aliphatic rings. The minimum absolute atomic E-state index is 1.04. The van der Waals surface area contributed by atoms with Crippen molar-refractivity contribution in [3.63, 3.8) is 0 Å². The van der Waals surface area contributed by atoms with Crippen molar-refractivity contribution in [1.82, 2.24) is 0 Å². The molecule has 0 aromatic heterocycles. The van der Waals surface area contributed by atoms with Crippen molar-refractivity contribution in [3.05, 3.63) is 0 Å². The van der Waals surface area contributed by atoms with E-state index in [0.717, 1.165) is 23.7 Å². The van der Waals surface area contributed by atoms with E-state index in [2.05, 4.69) is 13.8 Å². The second-order valence-electron chi connectivity index (χ2n) is 6.10. The molecule has 3 aliphatic carbocycles. The minimum atomic E-state index is 1.04. The van der Waals surface area contributed by atoms with Crippen LogP contribution in [0.4, 0.5) is 0 Å². The average molecular weight is 178 g/mol. The van der Waals surface area contributed by atoms with Crippen LogP contribution in [0.25, 0.3) is 0 Å². The zero-order valence-electron chi connectivity index (χ0n) is 9.00. The van der Waals surface area contributed by atoms with Gasteiger partial charge < -0.3 is 0 Å². The molecular formula is C13H22. The van der Waals surface area contributed by atoms with Gasteiger partial charge >= 0.3 is 0 Å². The highest BCUT2D eigenvalue weighted by Crippen LogP contribution is 2.61. The average Bonchev–Trinajstić information content (AvgIpc) is 2.64. The van der Waals surface area contributed by atoms with E-state index in [1.807, 2.05) is 0 Å². The molecule has 0 aliphatic heterocycles. The minimum Gasteiger partial charge on any atom is -0.0625 e. The van der Waals surface area contributed by atoms with E-state index < -0.39 is 0 Å². The second kappa shape index (κ2) is 2.74. The van der Waals surface area contributed by atoms with Crippen molar-refractivity contribution in [2.45, 2.75) is 46.0 Å². The summed E-state index contributed by atoms with van der Waals surface area (Å²) in [4.78, 5) is 0. The highest BCUT2D eigenvalue weighted by molar-refractivity contribution is 5.02. The molecule has 3 saturated carbocycles. The van der Waals surface area contributed by atoms with Crippen LogP contribution in [0.5, 0.6) is 0 Å². The summed E-state index contributed by atoms with van der Waals surface area (Å²) in [5.74, 6) is 6.72. The van der Waals surface area contributed by atoms with Gasteiger partial charge in [-0.1, -0.05) is 20.3 Å². The van der Waals surface area contributed by atoms with Gasteiger partial charge in [0.25, 0.3) is 0 Å². The predicted octanol–water partition coefficient (Wildman–Crippen LogP) is 3.71. The van der Waals surface area contributed by atoms with Crippen LogP contribution < -0.4 is 0 Å². The molecule has 0 bridgehead atoms. The van der Waals surface area contributed by atoms with Gasteiger partial charge in [0.1, 0.15) is 0 Å². The maximum absolute atomic E-state index is 2.53. The summed E-state index contributed by atoms with van der Waals surface area (Å²) >= 11 is 0. The van der Waals surface area contributed by atoms with Gasteiger partial charge in [-0.3, -0.25) is 0 Å². The smallest absolute Gasteiger partial charge is 0.0354 e. The van der Waals surface area contributed by atoms with Crippen LogP contribution in [0.3, 0.4) is 0 Å². The summed E-state index contributed by atoms with van der Waals surface area (Å²) in [6, 6.07) is 0. The van der Waals surface area contributed by atoms with Crippen LogP contribution in [0.2, 0.25) is 0 Å². The first-order valence-electron chi connectivity index (χ1n) is 6.25. The molecule has 0 aromatic rings. The zero-order chi connectivity index (χ0) is 9.00. The molecule has 0 nitrogen and oxygen atoms in total. The fraction of sp³-hybridized carbons (Fsp3) is 1.00. The van der Waals surface area contributed by atoms with E-state index in [-0.39, 0.29) is 0 Å². The molecule has 74 valence electrons. The van der Waals surface area contributed by atoms with Gasteiger partial charge in [-0.05, 0) is 61.2 Å². The lowest BCUT2D eigenvalue weighted by Gasteiger charge is -2.25. The van der Waals surface area contributed by atoms with E-state index in [1.54, 1.807) is 25.7 Å². The number of fused-ring (bicyclic) bond motifs is 1. The summed E-state index contributed by atoms with van der Waals surface area (Å²) < 4.78 is 0. The van der Waals surface area contributed by atoms with Crippen LogP contribution in [0, 0.1) is 35.5 Å². The first-order chi connectivity index (χ1) is 6.25. The lowest BCUT2D eigenvalue weighted by atomic mass is 9.80. The van der Waals surface area contributed by atoms with E-state index in [9.17, 15) is 0 Å². The lowest BCUT2D eigenvalue weighted by molar-refractivity contribution is 0.243. The molecular weight excluding hydrogens is 156 g/mol. The highest BCUT2D eigenvalue weighted by atomic mass is 14.6. The van der Waals surface area contributed by atoms with Crippen LogP contribution in [0.1, 0.15) is 46.0 Å². The number of hydrogen-bond acceptors (Lipinski definition) is 0. The Hall–Kier alpha value is 0. The SMILES string of the molecule is CC1CCC([C@@H]2CC3CC3C2C)C1. The largest absolute Gasteiger partial charge is 0.0625 e. The normalized spacial score (nSPS) is 59.5. The topological polar surface area (TPSA) is 0 Å². The first kappa shape index (κ1) is 8.32. The molecule has 0 amide bonds. The van der Waals surface area contributed by atoms with Crippen LogP contribution in [-0.4, -0.2) is 0 Å². The molecule has 0 N–H and O–H groups in total. The van der Waals surface area contributed by atoms with Crippen LogP contribution in [0.15, 0.2) is 0 Å². The van der Waals surface area contributed by atoms with E-state index >= 15 is 0 Å². The molecule has 5 unspecified atom stereocenters. The molecule has 0 spiro atoms. The molecule has 6 atom stereocenters. The summed E-state index contributed by atoms with van der Waals surface area (Å²) in [6.07, 6.45) is 7.80. The van der Waals surface area contributed by atoms with Gasteiger partial charge in [-0.25, -0.2) is 0 Å². The van der Waals surface area contributed by atoms with Crippen molar-refractivity contribution in [2.75, 3.05) is 0 Å². The quantitative estimate of drug-likeness (QED) is 0.574. The maximum atomic E-state index is 2.53. The third kappa shape index (κ3) is 1.25. The Balaban J connectivity index is 1.66. The van der Waals surface area contributed by atoms with Gasteiger partial charge in [0, 0.05) is 0 Å². The van der Waals surface area contributed by atoms with E-state index in [4.69, 9.17) is 0 Å². The number of hydrogen-bond donors (Lipinski definition) is 0. The molecule has 13 heavy (non-hydrogen) atoms. The molecule has 0 radical (unpaired) electrons. The van der Waals surface area contributed by atoms with Gasteiger partial charge in [0.2, 0.25) is 0 Å². The van der Waals surface area contributed by atoms with Crippen molar-refractivity contribution < 1.29 is 0 Å². The Labute approximate surface area is 82.1 Å². The summed E-state index contributed by atoms with van der Waals surface area (Å²) in [5, 5.41) is 0. The standard InChI is InChI=1S/C13H22/c1-8-3-4-10(5-8)12-6-11-7-13(11)9(12)2/h8-13H,3-7H2,1-2H3/t8?,9?,10?,11?,12-,13?/m1/s1. The van der Waals surface area contributed by atoms with Crippen molar-refractivity contribution in [3.8, 4) is 0 Å². The maximum Gasteiger partial charge on any atom is -0.0354 e. The van der Waals surface area contributed by atoms with Gasteiger partial charge in [-0.15, -0.1) is 0 Å². The molecule has 0 aromatic carbocycles. The predicted molar refractivity (Wildman–Crippen MR) is 55.4 cm³/mol. The summed E-state index contributed by atoms with van der Waals surface area (Å²) in [7, 11) is 0. The zero-order valence-corrected chi connectivity index (χ0v) is 9.00. The lowest BCUT2D eigenvalue weighted by Crippen LogP contribution is -2.17. The Bertz CT molecular complexity index is 208. The first-order valence-corrected chi connectivity index (χ1v) is 6.25. The Morgan fingerprint density at radius 2 is 1.46 bits per heavy atom. The highest BCUT2D eigenvalue weighted by Gasteiger charge is 2.53. The molecule has 0 heterocycles. The summed E-state index contributed by atoms with van der Waals surface area (Å²) in [6.45, 7) is 4.98. The van der Waals surface area contributed by atoms with Crippen molar-refractivity contribution >= 4 is 0 Å². The molecule has 3 fully saturated rings. The van der Waals surface area contributed by atoms with Gasteiger partial charge in [0.15, 0.2) is 0 Å². The Kier molecular flexibility index (Phi) is 1.76. The van der Waals surface area contributed by atoms with Crippen LogP contribution in [-0.2, 0) is 0 Å². The van der Waals surface area contributed by atoms with Gasteiger partial charge in [0.05, 0.1) is 0 Å². The summed E-state index contributed by atoms with van der Waals surface area (Å²) in [5.41, 5.74) is 0.